The predicted octanol–water partition coefficient (Wildman–Crippen LogP) is 5.26. The summed E-state index contributed by atoms with van der Waals surface area (Å²) < 4.78 is 1.64. The van der Waals surface area contributed by atoms with E-state index in [1.165, 1.54) is 0 Å². The van der Waals surface area contributed by atoms with Crippen molar-refractivity contribution < 1.29 is 4.79 Å². The lowest BCUT2D eigenvalue weighted by atomic mass is 10.1. The van der Waals surface area contributed by atoms with E-state index in [0.717, 1.165) is 5.56 Å². The molecule has 2 N–H and O–H groups in total. The molecule has 0 aliphatic rings. The number of fused-ring (bicyclic) bond motifs is 1. The quantitative estimate of drug-likeness (QED) is 0.645. The third-order valence-corrected chi connectivity index (χ3v) is 4.64. The number of aromatic nitrogens is 1. The van der Waals surface area contributed by atoms with E-state index in [1.54, 1.807) is 29.0 Å². The summed E-state index contributed by atoms with van der Waals surface area (Å²) in [5, 5.41) is 7.50. The van der Waals surface area contributed by atoms with Gasteiger partial charge in [0.15, 0.2) is 0 Å². The highest BCUT2D eigenvalue weighted by Gasteiger charge is 2.12. The number of rotatable bonds is 4. The molecule has 140 valence electrons. The van der Waals surface area contributed by atoms with Crippen molar-refractivity contribution in [1.29, 1.82) is 0 Å². The molecule has 1 heterocycles. The number of anilines is 2. The molecule has 0 saturated carbocycles. The van der Waals surface area contributed by atoms with E-state index >= 15 is 0 Å². The van der Waals surface area contributed by atoms with E-state index in [-0.39, 0.29) is 5.56 Å². The van der Waals surface area contributed by atoms with Gasteiger partial charge in [0.25, 0.3) is 5.56 Å². The highest BCUT2D eigenvalue weighted by molar-refractivity contribution is 6.31. The van der Waals surface area contributed by atoms with Gasteiger partial charge in [-0.2, -0.15) is 0 Å². The van der Waals surface area contributed by atoms with Crippen LogP contribution in [0.15, 0.2) is 53.5 Å². The van der Waals surface area contributed by atoms with E-state index < -0.39 is 6.03 Å². The number of urea groups is 1. The van der Waals surface area contributed by atoms with Crippen LogP contribution in [0.4, 0.5) is 16.2 Å². The van der Waals surface area contributed by atoms with Gasteiger partial charge in [-0.15, -0.1) is 0 Å². The van der Waals surface area contributed by atoms with Crippen LogP contribution in [0.5, 0.6) is 0 Å². The van der Waals surface area contributed by atoms with E-state index in [2.05, 4.69) is 10.6 Å². The minimum absolute atomic E-state index is 0.0597. The molecule has 0 unspecified atom stereocenters. The molecule has 27 heavy (non-hydrogen) atoms. The maximum absolute atomic E-state index is 12.7. The maximum Gasteiger partial charge on any atom is 0.323 e. The number of nitrogens with zero attached hydrogens (tertiary/aromatic N) is 1. The highest BCUT2D eigenvalue weighted by Crippen LogP contribution is 2.23. The zero-order chi connectivity index (χ0) is 19.6. The van der Waals surface area contributed by atoms with Crippen LogP contribution in [-0.2, 0) is 6.54 Å². The van der Waals surface area contributed by atoms with Gasteiger partial charge in [0, 0.05) is 34.2 Å². The van der Waals surface area contributed by atoms with Crippen molar-refractivity contribution in [1.82, 2.24) is 4.57 Å². The zero-order valence-electron chi connectivity index (χ0n) is 15.5. The summed E-state index contributed by atoms with van der Waals surface area (Å²) in [5.41, 5.74) is 2.06. The molecule has 0 bridgehead atoms. The molecule has 6 heteroatoms. The van der Waals surface area contributed by atoms with E-state index in [0.29, 0.717) is 39.6 Å². The molecule has 0 saturated heterocycles. The normalized spacial score (nSPS) is 11.0. The molecule has 0 atom stereocenters. The first-order valence-corrected chi connectivity index (χ1v) is 9.19. The second-order valence-corrected chi connectivity index (χ2v) is 7.39. The van der Waals surface area contributed by atoms with Crippen LogP contribution in [0.2, 0.25) is 5.02 Å². The fourth-order valence-electron chi connectivity index (χ4n) is 2.93. The molecule has 0 aliphatic carbocycles. The lowest BCUT2D eigenvalue weighted by Gasteiger charge is -2.15. The topological polar surface area (TPSA) is 63.1 Å². The van der Waals surface area contributed by atoms with Gasteiger partial charge in [-0.3, -0.25) is 4.79 Å². The van der Waals surface area contributed by atoms with Gasteiger partial charge in [-0.05, 0) is 36.6 Å². The van der Waals surface area contributed by atoms with Gasteiger partial charge in [-0.1, -0.05) is 49.7 Å². The van der Waals surface area contributed by atoms with Crippen molar-refractivity contribution in [2.75, 3.05) is 10.6 Å². The molecule has 2 amide bonds. The number of carbonyl (C=O) groups excluding carboxylic acids is 1. The van der Waals surface area contributed by atoms with Gasteiger partial charge >= 0.3 is 6.03 Å². The van der Waals surface area contributed by atoms with Crippen LogP contribution in [0, 0.1) is 12.8 Å². The summed E-state index contributed by atoms with van der Waals surface area (Å²) in [6.07, 6.45) is 1.70. The van der Waals surface area contributed by atoms with Crippen molar-refractivity contribution in [3.8, 4) is 0 Å². The molecule has 2 aromatic carbocycles. The molecule has 5 nitrogen and oxygen atoms in total. The van der Waals surface area contributed by atoms with Gasteiger partial charge in [0.05, 0.1) is 5.69 Å². The SMILES string of the molecule is Cc1ccc(NC(=O)Nc2cn(CC(C)C)c(=O)c3ccccc23)cc1Cl. The van der Waals surface area contributed by atoms with Crippen molar-refractivity contribution in [2.24, 2.45) is 5.92 Å². The Morgan fingerprint density at radius 2 is 1.81 bits per heavy atom. The number of hydrogen-bond acceptors (Lipinski definition) is 2. The van der Waals surface area contributed by atoms with Crippen molar-refractivity contribution >= 4 is 39.8 Å². The second kappa shape index (κ2) is 7.84. The van der Waals surface area contributed by atoms with Crippen molar-refractivity contribution in [3.05, 3.63) is 69.6 Å². The fourth-order valence-corrected chi connectivity index (χ4v) is 3.11. The van der Waals surface area contributed by atoms with Crippen LogP contribution in [-0.4, -0.2) is 10.6 Å². The van der Waals surface area contributed by atoms with E-state index in [9.17, 15) is 9.59 Å². The standard InChI is InChI=1S/C21H22ClN3O2/c1-13(2)11-25-12-19(16-6-4-5-7-17(16)20(25)26)24-21(27)23-15-9-8-14(3)18(22)10-15/h4-10,12-13H,11H2,1-3H3,(H2,23,24,27). The number of nitrogens with one attached hydrogen (secondary N) is 2. The second-order valence-electron chi connectivity index (χ2n) is 6.98. The lowest BCUT2D eigenvalue weighted by molar-refractivity contribution is 0.262. The first-order valence-electron chi connectivity index (χ1n) is 8.81. The molecule has 0 radical (unpaired) electrons. The number of amides is 2. The minimum Gasteiger partial charge on any atom is -0.313 e. The lowest BCUT2D eigenvalue weighted by Crippen LogP contribution is -2.25. The zero-order valence-corrected chi connectivity index (χ0v) is 16.3. The maximum atomic E-state index is 12.7. The Kier molecular flexibility index (Phi) is 5.51. The molecule has 0 fully saturated rings. The Hall–Kier alpha value is -2.79. The Bertz CT molecular complexity index is 1060. The van der Waals surface area contributed by atoms with Crippen LogP contribution in [0.25, 0.3) is 10.8 Å². The minimum atomic E-state index is -0.394. The van der Waals surface area contributed by atoms with Gasteiger partial charge in [0.1, 0.15) is 0 Å². The number of halogens is 1. The molecular weight excluding hydrogens is 362 g/mol. The fraction of sp³-hybridized carbons (Fsp3) is 0.238. The first kappa shape index (κ1) is 19.0. The summed E-state index contributed by atoms with van der Waals surface area (Å²) in [7, 11) is 0. The number of benzene rings is 2. The number of carbonyl (C=O) groups is 1. The highest BCUT2D eigenvalue weighted by atomic mass is 35.5. The average molecular weight is 384 g/mol. The Morgan fingerprint density at radius 1 is 1.11 bits per heavy atom. The Balaban J connectivity index is 1.93. The number of hydrogen-bond donors (Lipinski definition) is 2. The summed E-state index contributed by atoms with van der Waals surface area (Å²) in [6.45, 7) is 6.56. The summed E-state index contributed by atoms with van der Waals surface area (Å²) in [6, 6.07) is 12.2. The summed E-state index contributed by atoms with van der Waals surface area (Å²) >= 11 is 6.11. The Labute approximate surface area is 163 Å². The molecular formula is C21H22ClN3O2. The smallest absolute Gasteiger partial charge is 0.313 e. The number of pyridine rings is 1. The van der Waals surface area contributed by atoms with Gasteiger partial charge in [0.2, 0.25) is 0 Å². The molecule has 0 aliphatic heterocycles. The molecule has 3 aromatic rings. The van der Waals surface area contributed by atoms with Gasteiger partial charge < -0.3 is 15.2 Å². The molecule has 0 spiro atoms. The van der Waals surface area contributed by atoms with Crippen molar-refractivity contribution in [2.45, 2.75) is 27.3 Å². The average Bonchev–Trinajstić information content (AvgIpc) is 2.62. The van der Waals surface area contributed by atoms with Gasteiger partial charge in [-0.25, -0.2) is 4.79 Å². The first-order chi connectivity index (χ1) is 12.8. The Morgan fingerprint density at radius 3 is 2.48 bits per heavy atom. The predicted molar refractivity (Wildman–Crippen MR) is 112 cm³/mol. The monoisotopic (exact) mass is 383 g/mol. The number of aryl methyl sites for hydroxylation is 1. The largest absolute Gasteiger partial charge is 0.323 e. The van der Waals surface area contributed by atoms with E-state index in [1.807, 2.05) is 45.0 Å². The third kappa shape index (κ3) is 4.31. The molecule has 1 aromatic heterocycles. The third-order valence-electron chi connectivity index (χ3n) is 4.23. The van der Waals surface area contributed by atoms with E-state index in [4.69, 9.17) is 11.6 Å². The van der Waals surface area contributed by atoms with Crippen LogP contribution >= 0.6 is 11.6 Å². The van der Waals surface area contributed by atoms with Crippen LogP contribution in [0.3, 0.4) is 0 Å². The summed E-state index contributed by atoms with van der Waals surface area (Å²) in [4.78, 5) is 25.2. The van der Waals surface area contributed by atoms with Crippen molar-refractivity contribution in [3.63, 3.8) is 0 Å². The summed E-state index contributed by atoms with van der Waals surface area (Å²) in [5.74, 6) is 0.306. The van der Waals surface area contributed by atoms with Crippen LogP contribution in [0.1, 0.15) is 19.4 Å². The van der Waals surface area contributed by atoms with Crippen LogP contribution < -0.4 is 16.2 Å². The molecule has 3 rings (SSSR count).